The highest BCUT2D eigenvalue weighted by atomic mass is 19.4. The fourth-order valence-electron chi connectivity index (χ4n) is 3.16. The fraction of sp³-hybridized carbons (Fsp3) is 0.227. The highest BCUT2D eigenvalue weighted by molar-refractivity contribution is 6.00. The van der Waals surface area contributed by atoms with Crippen LogP contribution in [0, 0.1) is 0 Å². The number of pyridine rings is 1. The smallest absolute Gasteiger partial charge is 0.416 e. The van der Waals surface area contributed by atoms with Crippen molar-refractivity contribution in [2.75, 3.05) is 25.3 Å². The van der Waals surface area contributed by atoms with Gasteiger partial charge in [-0.1, -0.05) is 0 Å². The van der Waals surface area contributed by atoms with Crippen molar-refractivity contribution >= 4 is 28.5 Å². The summed E-state index contributed by atoms with van der Waals surface area (Å²) >= 11 is 0. The van der Waals surface area contributed by atoms with Gasteiger partial charge in [-0.05, 0) is 37.3 Å². The molecule has 172 valence electrons. The van der Waals surface area contributed by atoms with Crippen molar-refractivity contribution < 1.29 is 41.7 Å². The molecule has 1 aliphatic rings. The summed E-state index contributed by atoms with van der Waals surface area (Å²) in [5, 5.41) is 2.74. The molecule has 0 saturated carbocycles. The Labute approximate surface area is 185 Å². The molecule has 0 aliphatic carbocycles. The van der Waals surface area contributed by atoms with Crippen LogP contribution in [0.5, 0.6) is 17.2 Å². The van der Waals surface area contributed by atoms with Crippen molar-refractivity contribution in [3.63, 3.8) is 0 Å². The zero-order chi connectivity index (χ0) is 23.6. The molecule has 3 aromatic rings. The second-order valence-corrected chi connectivity index (χ2v) is 6.86. The monoisotopic (exact) mass is 462 g/mol. The summed E-state index contributed by atoms with van der Waals surface area (Å²) in [6.07, 6.45) is -3.51. The molecule has 0 atom stereocenters. The number of ether oxygens (including phenoxy) is 4. The summed E-state index contributed by atoms with van der Waals surface area (Å²) in [4.78, 5) is 28.7. The van der Waals surface area contributed by atoms with Crippen molar-refractivity contribution in [2.45, 2.75) is 13.1 Å². The Morgan fingerprint density at radius 3 is 2.67 bits per heavy atom. The molecule has 0 unspecified atom stereocenters. The van der Waals surface area contributed by atoms with Crippen LogP contribution in [0.25, 0.3) is 10.9 Å². The second-order valence-electron chi connectivity index (χ2n) is 6.86. The van der Waals surface area contributed by atoms with E-state index in [0.29, 0.717) is 17.2 Å². The largest absolute Gasteiger partial charge is 0.482 e. The minimum Gasteiger partial charge on any atom is -0.482 e. The molecule has 0 bridgehead atoms. The molecule has 2 heterocycles. The predicted molar refractivity (Wildman–Crippen MR) is 109 cm³/mol. The Hall–Kier alpha value is -4.02. The summed E-state index contributed by atoms with van der Waals surface area (Å²) in [5.74, 6) is -0.435. The minimum absolute atomic E-state index is 0.0518. The first kappa shape index (κ1) is 22.2. The number of benzene rings is 2. The number of nitrogens with one attached hydrogen (secondary N) is 1. The van der Waals surface area contributed by atoms with Crippen molar-refractivity contribution in [3.05, 3.63) is 53.7 Å². The van der Waals surface area contributed by atoms with Gasteiger partial charge < -0.3 is 24.3 Å². The number of halogens is 3. The number of carbonyl (C=O) groups excluding carboxylic acids is 2. The number of rotatable bonds is 6. The Bertz CT molecular complexity index is 1230. The third kappa shape index (κ3) is 4.76. The summed E-state index contributed by atoms with van der Waals surface area (Å²) in [6.45, 7) is 1.22. The SMILES string of the molecule is CCOC(=O)c1cnc2cc(C(F)(F)F)ccc2c1OCC(=O)Nc1ccc2c(c1)OCO2. The predicted octanol–water partition coefficient (Wildman–Crippen LogP) is 4.18. The van der Waals surface area contributed by atoms with Crippen LogP contribution in [0.2, 0.25) is 0 Å². The molecule has 1 aromatic heterocycles. The summed E-state index contributed by atoms with van der Waals surface area (Å²) in [5.41, 5.74) is -0.644. The fourth-order valence-corrected chi connectivity index (χ4v) is 3.16. The maximum absolute atomic E-state index is 13.1. The van der Waals surface area contributed by atoms with Crippen LogP contribution in [0.1, 0.15) is 22.8 Å². The molecule has 0 radical (unpaired) electrons. The Balaban J connectivity index is 1.59. The molecule has 33 heavy (non-hydrogen) atoms. The van der Waals surface area contributed by atoms with Crippen LogP contribution < -0.4 is 19.5 Å². The van der Waals surface area contributed by atoms with Crippen molar-refractivity contribution in [3.8, 4) is 17.2 Å². The van der Waals surface area contributed by atoms with Crippen LogP contribution >= 0.6 is 0 Å². The normalized spacial score (nSPS) is 12.5. The number of carbonyl (C=O) groups is 2. The first-order valence-electron chi connectivity index (χ1n) is 9.75. The van der Waals surface area contributed by atoms with E-state index in [1.165, 1.54) is 0 Å². The lowest BCUT2D eigenvalue weighted by atomic mass is 10.1. The van der Waals surface area contributed by atoms with Gasteiger partial charge >= 0.3 is 12.1 Å². The molecule has 1 amide bonds. The Morgan fingerprint density at radius 2 is 1.91 bits per heavy atom. The van der Waals surface area contributed by atoms with Crippen LogP contribution in [0.15, 0.2) is 42.6 Å². The van der Waals surface area contributed by atoms with Gasteiger partial charge in [0.1, 0.15) is 11.3 Å². The van der Waals surface area contributed by atoms with Gasteiger partial charge in [0.15, 0.2) is 18.1 Å². The van der Waals surface area contributed by atoms with Crippen molar-refractivity contribution in [1.82, 2.24) is 4.98 Å². The quantitative estimate of drug-likeness (QED) is 0.549. The van der Waals surface area contributed by atoms with Crippen LogP contribution in [-0.2, 0) is 15.7 Å². The van der Waals surface area contributed by atoms with Gasteiger partial charge in [0, 0.05) is 23.3 Å². The number of esters is 1. The zero-order valence-electron chi connectivity index (χ0n) is 17.2. The van der Waals surface area contributed by atoms with E-state index in [4.69, 9.17) is 18.9 Å². The summed E-state index contributed by atoms with van der Waals surface area (Å²) in [6, 6.07) is 7.63. The van der Waals surface area contributed by atoms with E-state index in [1.807, 2.05) is 0 Å². The van der Waals surface area contributed by atoms with Gasteiger partial charge in [-0.2, -0.15) is 13.2 Å². The number of nitrogens with zero attached hydrogens (tertiary/aromatic N) is 1. The number of alkyl halides is 3. The van der Waals surface area contributed by atoms with Gasteiger partial charge in [-0.15, -0.1) is 0 Å². The van der Waals surface area contributed by atoms with Crippen molar-refractivity contribution in [2.24, 2.45) is 0 Å². The van der Waals surface area contributed by atoms with Crippen LogP contribution in [-0.4, -0.2) is 36.9 Å². The molecule has 0 saturated heterocycles. The Kier molecular flexibility index (Phi) is 5.95. The van der Waals surface area contributed by atoms with Gasteiger partial charge in [-0.25, -0.2) is 4.79 Å². The number of aromatic nitrogens is 1. The Morgan fingerprint density at radius 1 is 1.12 bits per heavy atom. The molecule has 0 spiro atoms. The van der Waals surface area contributed by atoms with E-state index in [1.54, 1.807) is 25.1 Å². The topological polar surface area (TPSA) is 96.0 Å². The number of fused-ring (bicyclic) bond motifs is 2. The molecular weight excluding hydrogens is 445 g/mol. The zero-order valence-corrected chi connectivity index (χ0v) is 17.2. The van der Waals surface area contributed by atoms with E-state index in [0.717, 1.165) is 24.4 Å². The maximum Gasteiger partial charge on any atom is 0.416 e. The average Bonchev–Trinajstić information content (AvgIpc) is 3.24. The molecule has 0 fully saturated rings. The lowest BCUT2D eigenvalue weighted by Gasteiger charge is -2.14. The lowest BCUT2D eigenvalue weighted by Crippen LogP contribution is -2.21. The van der Waals surface area contributed by atoms with E-state index >= 15 is 0 Å². The first-order chi connectivity index (χ1) is 15.8. The molecule has 4 rings (SSSR count). The highest BCUT2D eigenvalue weighted by Crippen LogP contribution is 2.36. The first-order valence-corrected chi connectivity index (χ1v) is 9.75. The number of hydrogen-bond donors (Lipinski definition) is 1. The molecule has 2 aromatic carbocycles. The van der Waals surface area contributed by atoms with Gasteiger partial charge in [0.05, 0.1) is 17.7 Å². The van der Waals surface area contributed by atoms with E-state index in [9.17, 15) is 22.8 Å². The van der Waals surface area contributed by atoms with E-state index in [-0.39, 0.29) is 35.6 Å². The van der Waals surface area contributed by atoms with E-state index < -0.39 is 30.2 Å². The summed E-state index contributed by atoms with van der Waals surface area (Å²) < 4.78 is 60.2. The highest BCUT2D eigenvalue weighted by Gasteiger charge is 2.31. The minimum atomic E-state index is -4.57. The van der Waals surface area contributed by atoms with Gasteiger partial charge in [0.25, 0.3) is 5.91 Å². The van der Waals surface area contributed by atoms with E-state index in [2.05, 4.69) is 10.3 Å². The molecule has 8 nitrogen and oxygen atoms in total. The van der Waals surface area contributed by atoms with Crippen LogP contribution in [0.4, 0.5) is 18.9 Å². The number of anilines is 1. The second kappa shape index (κ2) is 8.85. The number of hydrogen-bond acceptors (Lipinski definition) is 7. The van der Waals surface area contributed by atoms with Gasteiger partial charge in [0.2, 0.25) is 6.79 Å². The third-order valence-corrected chi connectivity index (χ3v) is 4.65. The number of amides is 1. The molecule has 1 aliphatic heterocycles. The standard InChI is InChI=1S/C22H17F3N2O6/c1-2-30-21(29)15-9-26-16-7-12(22(23,24)25)3-5-14(16)20(15)31-10-19(28)27-13-4-6-17-18(8-13)33-11-32-17/h3-9H,2,10-11H2,1H3,(H,27,28). The average molecular weight is 462 g/mol. The lowest BCUT2D eigenvalue weighted by molar-refractivity contribution is -0.137. The van der Waals surface area contributed by atoms with Gasteiger partial charge in [-0.3, -0.25) is 9.78 Å². The molecule has 11 heteroatoms. The van der Waals surface area contributed by atoms with Crippen LogP contribution in [0.3, 0.4) is 0 Å². The third-order valence-electron chi connectivity index (χ3n) is 4.65. The molecular formula is C22H17F3N2O6. The summed E-state index contributed by atoms with van der Waals surface area (Å²) in [7, 11) is 0. The van der Waals surface area contributed by atoms with Crippen molar-refractivity contribution in [1.29, 1.82) is 0 Å². The maximum atomic E-state index is 13.1. The molecule has 1 N–H and O–H groups in total.